The maximum absolute atomic E-state index is 12.0. The third-order valence-corrected chi connectivity index (χ3v) is 4.82. The molecule has 2 rings (SSSR count). The van der Waals surface area contributed by atoms with Crippen LogP contribution in [0, 0.1) is 0 Å². The van der Waals surface area contributed by atoms with Crippen molar-refractivity contribution in [2.45, 2.75) is 62.8 Å². The van der Waals surface area contributed by atoms with Crippen molar-refractivity contribution in [3.05, 3.63) is 0 Å². The maximum atomic E-state index is 12.0. The van der Waals surface area contributed by atoms with Crippen LogP contribution in [0.4, 0.5) is 0 Å². The van der Waals surface area contributed by atoms with Gasteiger partial charge in [0.25, 0.3) is 0 Å². The number of nitrogens with one attached hydrogen (secondary N) is 1. The molecule has 2 atom stereocenters. The lowest BCUT2D eigenvalue weighted by atomic mass is 10.0. The van der Waals surface area contributed by atoms with Gasteiger partial charge >= 0.3 is 0 Å². The Morgan fingerprint density at radius 1 is 1.40 bits per heavy atom. The van der Waals surface area contributed by atoms with Crippen molar-refractivity contribution < 1.29 is 9.29 Å². The Hall–Kier alpha value is 0.230. The predicted molar refractivity (Wildman–Crippen MR) is 62.0 cm³/mol. The lowest BCUT2D eigenvalue weighted by Gasteiger charge is -2.35. The minimum Gasteiger partial charge on any atom is -0.598 e. The molecule has 0 aromatic heterocycles. The summed E-state index contributed by atoms with van der Waals surface area (Å²) in [7, 11) is 0. The van der Waals surface area contributed by atoms with Gasteiger partial charge in [0.05, 0.1) is 11.6 Å². The van der Waals surface area contributed by atoms with Crippen LogP contribution in [0.2, 0.25) is 0 Å². The lowest BCUT2D eigenvalue weighted by Crippen LogP contribution is -2.52. The van der Waals surface area contributed by atoms with Crippen molar-refractivity contribution in [3.63, 3.8) is 0 Å². The van der Waals surface area contributed by atoms with E-state index in [4.69, 9.17) is 4.74 Å². The maximum Gasteiger partial charge on any atom is 0.136 e. The molecule has 1 saturated heterocycles. The molecule has 1 N–H and O–H groups in total. The van der Waals surface area contributed by atoms with Crippen molar-refractivity contribution in [1.82, 2.24) is 4.72 Å². The Kier molecular flexibility index (Phi) is 3.05. The minimum atomic E-state index is -0.971. The molecule has 1 aliphatic heterocycles. The zero-order valence-electron chi connectivity index (χ0n) is 9.84. The van der Waals surface area contributed by atoms with Crippen molar-refractivity contribution in [2.24, 2.45) is 0 Å². The second kappa shape index (κ2) is 3.91. The standard InChI is InChI=1S/C11H21NO2S/c1-10(2,3)15(13)12-9-5-4-8-14-11(9)6-7-11/h9,12H,4-8H2,1-3H3. The van der Waals surface area contributed by atoms with E-state index in [1.54, 1.807) is 0 Å². The van der Waals surface area contributed by atoms with Crippen molar-refractivity contribution in [1.29, 1.82) is 0 Å². The second-order valence-electron chi connectivity index (χ2n) is 5.61. The van der Waals surface area contributed by atoms with E-state index < -0.39 is 11.4 Å². The molecule has 1 heterocycles. The van der Waals surface area contributed by atoms with E-state index in [1.165, 1.54) is 0 Å². The van der Waals surface area contributed by atoms with Gasteiger partial charge in [0.1, 0.15) is 4.75 Å². The van der Waals surface area contributed by atoms with Gasteiger partial charge in [-0.2, -0.15) is 0 Å². The summed E-state index contributed by atoms with van der Waals surface area (Å²) in [5, 5.41) is 0. The van der Waals surface area contributed by atoms with Crippen LogP contribution in [0.1, 0.15) is 46.5 Å². The van der Waals surface area contributed by atoms with E-state index in [1.807, 2.05) is 20.8 Å². The summed E-state index contributed by atoms with van der Waals surface area (Å²) < 4.78 is 20.9. The van der Waals surface area contributed by atoms with Gasteiger partial charge in [0.2, 0.25) is 0 Å². The summed E-state index contributed by atoms with van der Waals surface area (Å²) >= 11 is -0.971. The Bertz CT molecular complexity index is 235. The highest BCUT2D eigenvalue weighted by atomic mass is 32.2. The van der Waals surface area contributed by atoms with Crippen LogP contribution < -0.4 is 4.72 Å². The van der Waals surface area contributed by atoms with Crippen molar-refractivity contribution >= 4 is 11.4 Å². The quantitative estimate of drug-likeness (QED) is 0.736. The monoisotopic (exact) mass is 231 g/mol. The van der Waals surface area contributed by atoms with E-state index in [2.05, 4.69) is 4.72 Å². The van der Waals surface area contributed by atoms with Crippen LogP contribution in [0.5, 0.6) is 0 Å². The third kappa shape index (κ3) is 2.49. The zero-order valence-corrected chi connectivity index (χ0v) is 10.7. The van der Waals surface area contributed by atoms with Crippen LogP contribution in [-0.4, -0.2) is 27.5 Å². The van der Waals surface area contributed by atoms with E-state index in [9.17, 15) is 4.55 Å². The summed E-state index contributed by atoms with van der Waals surface area (Å²) in [4.78, 5) is 0. The highest BCUT2D eigenvalue weighted by molar-refractivity contribution is 7.90. The van der Waals surface area contributed by atoms with Gasteiger partial charge in [-0.1, -0.05) is 0 Å². The van der Waals surface area contributed by atoms with Gasteiger partial charge in [-0.25, -0.2) is 0 Å². The van der Waals surface area contributed by atoms with Crippen molar-refractivity contribution in [3.8, 4) is 0 Å². The van der Waals surface area contributed by atoms with Gasteiger partial charge in [-0.05, 0) is 46.5 Å². The third-order valence-electron chi connectivity index (χ3n) is 3.21. The average Bonchev–Trinajstić information content (AvgIpc) is 2.89. The fourth-order valence-corrected chi connectivity index (χ4v) is 2.96. The van der Waals surface area contributed by atoms with Gasteiger partial charge < -0.3 is 9.29 Å². The smallest absolute Gasteiger partial charge is 0.136 e. The molecule has 1 spiro atoms. The van der Waals surface area contributed by atoms with Crippen LogP contribution in [-0.2, 0) is 16.1 Å². The first-order chi connectivity index (χ1) is 6.94. The van der Waals surface area contributed by atoms with Gasteiger partial charge in [0.15, 0.2) is 0 Å². The highest BCUT2D eigenvalue weighted by Crippen LogP contribution is 2.46. The second-order valence-corrected chi connectivity index (χ2v) is 7.60. The fraction of sp³-hybridized carbons (Fsp3) is 1.00. The molecule has 0 aromatic carbocycles. The Morgan fingerprint density at radius 2 is 2.07 bits per heavy atom. The lowest BCUT2D eigenvalue weighted by molar-refractivity contribution is -0.0233. The summed E-state index contributed by atoms with van der Waals surface area (Å²) in [5.41, 5.74) is 0.0408. The first-order valence-electron chi connectivity index (χ1n) is 5.76. The van der Waals surface area contributed by atoms with Gasteiger partial charge in [-0.15, -0.1) is 4.72 Å². The number of rotatable bonds is 2. The molecule has 1 aliphatic carbocycles. The van der Waals surface area contributed by atoms with Crippen LogP contribution >= 0.6 is 0 Å². The topological polar surface area (TPSA) is 44.3 Å². The van der Waals surface area contributed by atoms with E-state index in [0.717, 1.165) is 32.3 Å². The summed E-state index contributed by atoms with van der Waals surface area (Å²) in [5.74, 6) is 0. The van der Waals surface area contributed by atoms with E-state index in [-0.39, 0.29) is 10.3 Å². The molecule has 2 aliphatic rings. The normalized spacial score (nSPS) is 31.6. The summed E-state index contributed by atoms with van der Waals surface area (Å²) in [6.07, 6.45) is 4.45. The Morgan fingerprint density at radius 3 is 2.60 bits per heavy atom. The van der Waals surface area contributed by atoms with Gasteiger partial charge in [0, 0.05) is 18.0 Å². The average molecular weight is 231 g/mol. The Labute approximate surface area is 95.3 Å². The molecule has 0 aromatic rings. The first kappa shape index (κ1) is 11.7. The molecule has 15 heavy (non-hydrogen) atoms. The molecule has 2 fully saturated rings. The molecule has 4 heteroatoms. The summed E-state index contributed by atoms with van der Waals surface area (Å²) in [6, 6.07) is 0.298. The molecular weight excluding hydrogens is 210 g/mol. The first-order valence-corrected chi connectivity index (χ1v) is 6.91. The molecule has 88 valence electrons. The van der Waals surface area contributed by atoms with E-state index in [0.29, 0.717) is 6.04 Å². The number of ether oxygens (including phenoxy) is 1. The van der Waals surface area contributed by atoms with Crippen LogP contribution in [0.15, 0.2) is 0 Å². The molecular formula is C11H21NO2S. The number of hydrogen-bond acceptors (Lipinski definition) is 3. The van der Waals surface area contributed by atoms with Crippen molar-refractivity contribution in [2.75, 3.05) is 6.61 Å². The predicted octanol–water partition coefficient (Wildman–Crippen LogP) is 1.75. The van der Waals surface area contributed by atoms with Gasteiger partial charge in [-0.3, -0.25) is 0 Å². The largest absolute Gasteiger partial charge is 0.598 e. The fourth-order valence-electron chi connectivity index (χ4n) is 2.01. The SMILES string of the molecule is CC(C)(C)[S+]([O-])NC1CCCOC12CC2. The zero-order chi connectivity index (χ0) is 11.1. The number of hydrogen-bond donors (Lipinski definition) is 1. The summed E-state index contributed by atoms with van der Waals surface area (Å²) in [6.45, 7) is 6.87. The highest BCUT2D eigenvalue weighted by Gasteiger charge is 2.54. The molecule has 2 unspecified atom stereocenters. The minimum absolute atomic E-state index is 0.0408. The Balaban J connectivity index is 1.93. The molecule has 0 radical (unpaired) electrons. The molecule has 0 bridgehead atoms. The molecule has 0 amide bonds. The molecule has 3 nitrogen and oxygen atoms in total. The molecule has 1 saturated carbocycles. The van der Waals surface area contributed by atoms with Crippen LogP contribution in [0.25, 0.3) is 0 Å². The van der Waals surface area contributed by atoms with Crippen LogP contribution in [0.3, 0.4) is 0 Å². The van der Waals surface area contributed by atoms with E-state index >= 15 is 0 Å².